The fourth-order valence-electron chi connectivity index (χ4n) is 3.95. The molecule has 2 fully saturated rings. The third kappa shape index (κ3) is 5.84. The quantitative estimate of drug-likeness (QED) is 0.661. The average Bonchev–Trinajstić information content (AvgIpc) is 3.61. The van der Waals surface area contributed by atoms with Crippen LogP contribution in [0.1, 0.15) is 44.1 Å². The highest BCUT2D eigenvalue weighted by atomic mass is 16.5. The Morgan fingerprint density at radius 2 is 2.13 bits per heavy atom. The molecule has 1 saturated carbocycles. The molecule has 2 heterocycles. The van der Waals surface area contributed by atoms with Crippen LogP contribution in [-0.2, 0) is 11.3 Å². The van der Waals surface area contributed by atoms with Crippen LogP contribution in [-0.4, -0.2) is 42.1 Å². The monoisotopic (exact) mass is 409 g/mol. The highest BCUT2D eigenvalue weighted by Crippen LogP contribution is 2.28. The number of hydrogen-bond donors (Lipinski definition) is 2. The molecule has 0 spiro atoms. The number of aromatic nitrogens is 2. The van der Waals surface area contributed by atoms with Crippen LogP contribution in [0.25, 0.3) is 0 Å². The first-order valence-corrected chi connectivity index (χ1v) is 10.9. The predicted molar refractivity (Wildman–Crippen MR) is 118 cm³/mol. The minimum absolute atomic E-state index is 0.105. The summed E-state index contributed by atoms with van der Waals surface area (Å²) < 4.78 is 5.23. The normalized spacial score (nSPS) is 18.7. The van der Waals surface area contributed by atoms with Crippen molar-refractivity contribution in [3.8, 4) is 5.75 Å². The van der Waals surface area contributed by atoms with E-state index in [9.17, 15) is 4.79 Å². The standard InChI is InChI=1S/C23H31N5O2/c1-30-20-6-2-4-18(12-20)14-24-23(29)10-7-17-5-3-11-28(15-17)22-13-21(25-16-26-22)27-19-8-9-19/h2,4,6,12-13,16-17,19H,3,5,7-11,14-15H2,1H3,(H,24,29)(H,25,26,27)/t17-/m1/s1. The molecular formula is C23H31N5O2. The molecule has 0 bridgehead atoms. The van der Waals surface area contributed by atoms with Gasteiger partial charge in [0.15, 0.2) is 0 Å². The summed E-state index contributed by atoms with van der Waals surface area (Å²) in [4.78, 5) is 23.5. The Bertz CT molecular complexity index is 855. The van der Waals surface area contributed by atoms with Crippen molar-refractivity contribution in [2.75, 3.05) is 30.4 Å². The fourth-order valence-corrected chi connectivity index (χ4v) is 3.95. The van der Waals surface area contributed by atoms with Gasteiger partial charge in [-0.2, -0.15) is 0 Å². The molecule has 2 aliphatic rings. The van der Waals surface area contributed by atoms with Gasteiger partial charge in [-0.25, -0.2) is 9.97 Å². The average molecular weight is 410 g/mol. The van der Waals surface area contributed by atoms with E-state index in [1.54, 1.807) is 13.4 Å². The number of carbonyl (C=O) groups excluding carboxylic acids is 1. The molecule has 1 amide bonds. The van der Waals surface area contributed by atoms with Crippen LogP contribution < -0.4 is 20.3 Å². The second-order valence-corrected chi connectivity index (χ2v) is 8.30. The van der Waals surface area contributed by atoms with Gasteiger partial charge in [0.2, 0.25) is 5.91 Å². The van der Waals surface area contributed by atoms with E-state index in [4.69, 9.17) is 4.74 Å². The molecule has 1 saturated heterocycles. The summed E-state index contributed by atoms with van der Waals surface area (Å²) >= 11 is 0. The summed E-state index contributed by atoms with van der Waals surface area (Å²) in [5.74, 6) is 3.33. The molecule has 160 valence electrons. The summed E-state index contributed by atoms with van der Waals surface area (Å²) in [6.07, 6.45) is 7.86. The van der Waals surface area contributed by atoms with E-state index in [0.717, 1.165) is 55.3 Å². The Labute approximate surface area is 178 Å². The van der Waals surface area contributed by atoms with Gasteiger partial charge in [-0.15, -0.1) is 0 Å². The molecular weight excluding hydrogens is 378 g/mol. The predicted octanol–water partition coefficient (Wildman–Crippen LogP) is 3.37. The maximum atomic E-state index is 12.3. The summed E-state index contributed by atoms with van der Waals surface area (Å²) in [6.45, 7) is 2.49. The summed E-state index contributed by atoms with van der Waals surface area (Å²) in [7, 11) is 1.65. The maximum absolute atomic E-state index is 12.3. The third-order valence-electron chi connectivity index (χ3n) is 5.83. The Hall–Kier alpha value is -2.83. The van der Waals surface area contributed by atoms with E-state index in [1.807, 2.05) is 24.3 Å². The smallest absolute Gasteiger partial charge is 0.220 e. The van der Waals surface area contributed by atoms with Crippen molar-refractivity contribution in [1.82, 2.24) is 15.3 Å². The van der Waals surface area contributed by atoms with Gasteiger partial charge in [-0.1, -0.05) is 12.1 Å². The number of benzene rings is 1. The molecule has 1 aromatic carbocycles. The molecule has 1 aliphatic carbocycles. The van der Waals surface area contributed by atoms with Crippen molar-refractivity contribution in [2.45, 2.75) is 51.1 Å². The first-order chi connectivity index (χ1) is 14.7. The summed E-state index contributed by atoms with van der Waals surface area (Å²) in [5, 5.41) is 6.47. The lowest BCUT2D eigenvalue weighted by Crippen LogP contribution is -2.36. The number of methoxy groups -OCH3 is 1. The Balaban J connectivity index is 1.23. The molecule has 7 heteroatoms. The molecule has 1 aromatic heterocycles. The van der Waals surface area contributed by atoms with Crippen molar-refractivity contribution in [3.63, 3.8) is 0 Å². The van der Waals surface area contributed by atoms with E-state index in [1.165, 1.54) is 12.8 Å². The zero-order valence-electron chi connectivity index (χ0n) is 17.6. The van der Waals surface area contributed by atoms with E-state index in [0.29, 0.717) is 24.9 Å². The molecule has 4 rings (SSSR count). The second kappa shape index (κ2) is 9.78. The minimum Gasteiger partial charge on any atom is -0.497 e. The number of nitrogens with one attached hydrogen (secondary N) is 2. The molecule has 1 atom stereocenters. The third-order valence-corrected chi connectivity index (χ3v) is 5.83. The van der Waals surface area contributed by atoms with Crippen molar-refractivity contribution >= 4 is 17.5 Å². The van der Waals surface area contributed by atoms with Gasteiger partial charge in [0.05, 0.1) is 7.11 Å². The number of piperidine rings is 1. The van der Waals surface area contributed by atoms with E-state index < -0.39 is 0 Å². The second-order valence-electron chi connectivity index (χ2n) is 8.30. The van der Waals surface area contributed by atoms with Crippen molar-refractivity contribution in [2.24, 2.45) is 5.92 Å². The van der Waals surface area contributed by atoms with Crippen molar-refractivity contribution in [3.05, 3.63) is 42.2 Å². The van der Waals surface area contributed by atoms with Gasteiger partial charge in [-0.05, 0) is 55.7 Å². The minimum atomic E-state index is 0.105. The van der Waals surface area contributed by atoms with Crippen LogP contribution in [0.5, 0.6) is 5.75 Å². The van der Waals surface area contributed by atoms with Gasteiger partial charge in [0, 0.05) is 38.2 Å². The van der Waals surface area contributed by atoms with Gasteiger partial charge in [0.25, 0.3) is 0 Å². The highest BCUT2D eigenvalue weighted by molar-refractivity contribution is 5.75. The van der Waals surface area contributed by atoms with Crippen LogP contribution in [0.3, 0.4) is 0 Å². The van der Waals surface area contributed by atoms with Crippen LogP contribution in [0.4, 0.5) is 11.6 Å². The molecule has 0 unspecified atom stereocenters. The SMILES string of the molecule is COc1cccc(CNC(=O)CC[C@H]2CCCN(c3cc(NC4CC4)ncn3)C2)c1. The van der Waals surface area contributed by atoms with Gasteiger partial charge >= 0.3 is 0 Å². The Morgan fingerprint density at radius 1 is 1.23 bits per heavy atom. The van der Waals surface area contributed by atoms with E-state index in [-0.39, 0.29) is 5.91 Å². The summed E-state index contributed by atoms with van der Waals surface area (Å²) in [6, 6.07) is 10.4. The molecule has 7 nitrogen and oxygen atoms in total. The number of rotatable bonds is 9. The maximum Gasteiger partial charge on any atom is 0.220 e. The molecule has 2 N–H and O–H groups in total. The van der Waals surface area contributed by atoms with Gasteiger partial charge in [0.1, 0.15) is 23.7 Å². The zero-order valence-corrected chi connectivity index (χ0v) is 17.6. The lowest BCUT2D eigenvalue weighted by Gasteiger charge is -2.33. The first-order valence-electron chi connectivity index (χ1n) is 10.9. The van der Waals surface area contributed by atoms with Crippen LogP contribution in [0, 0.1) is 5.92 Å². The lowest BCUT2D eigenvalue weighted by atomic mass is 9.93. The summed E-state index contributed by atoms with van der Waals surface area (Å²) in [5.41, 5.74) is 1.05. The Kier molecular flexibility index (Phi) is 6.67. The molecule has 0 radical (unpaired) electrons. The van der Waals surface area contributed by atoms with Gasteiger partial charge < -0.3 is 20.3 Å². The number of carbonyl (C=O) groups is 1. The van der Waals surface area contributed by atoms with Crippen LogP contribution in [0.15, 0.2) is 36.7 Å². The van der Waals surface area contributed by atoms with E-state index >= 15 is 0 Å². The topological polar surface area (TPSA) is 79.4 Å². The number of amides is 1. The van der Waals surface area contributed by atoms with Gasteiger partial charge in [-0.3, -0.25) is 4.79 Å². The largest absolute Gasteiger partial charge is 0.497 e. The van der Waals surface area contributed by atoms with Crippen LogP contribution >= 0.6 is 0 Å². The number of anilines is 2. The first kappa shape index (κ1) is 20.4. The molecule has 30 heavy (non-hydrogen) atoms. The number of hydrogen-bond acceptors (Lipinski definition) is 6. The van der Waals surface area contributed by atoms with Crippen molar-refractivity contribution < 1.29 is 9.53 Å². The molecule has 2 aromatic rings. The fraction of sp³-hybridized carbons (Fsp3) is 0.522. The zero-order chi connectivity index (χ0) is 20.8. The number of ether oxygens (including phenoxy) is 1. The lowest BCUT2D eigenvalue weighted by molar-refractivity contribution is -0.121. The number of nitrogens with zero attached hydrogens (tertiary/aromatic N) is 3. The molecule has 1 aliphatic heterocycles. The highest BCUT2D eigenvalue weighted by Gasteiger charge is 2.24. The van der Waals surface area contributed by atoms with Crippen LogP contribution in [0.2, 0.25) is 0 Å². The van der Waals surface area contributed by atoms with E-state index in [2.05, 4.69) is 31.6 Å². The van der Waals surface area contributed by atoms with Crippen molar-refractivity contribution in [1.29, 1.82) is 0 Å². The Morgan fingerprint density at radius 3 is 2.97 bits per heavy atom.